The molecule has 1 aliphatic rings. The first kappa shape index (κ1) is 19.8. The van der Waals surface area contributed by atoms with Crippen LogP contribution in [0.3, 0.4) is 0 Å². The van der Waals surface area contributed by atoms with Crippen LogP contribution >= 0.6 is 0 Å². The monoisotopic (exact) mass is 346 g/mol. The molecule has 1 fully saturated rings. The SMILES string of the molecule is NCC(=O)N1CCC[C@H]1C(=O)N[C@@H](CO)C(=O)N[C@@H](CO)C(=O)O. The first-order chi connectivity index (χ1) is 11.3. The van der Waals surface area contributed by atoms with Crippen LogP contribution < -0.4 is 16.4 Å². The van der Waals surface area contributed by atoms with Crippen LogP contribution in [0.15, 0.2) is 0 Å². The number of aliphatic hydroxyl groups excluding tert-OH is 2. The number of hydrogen-bond donors (Lipinski definition) is 6. The summed E-state index contributed by atoms with van der Waals surface area (Å²) in [5, 5.41) is 31.2. The van der Waals surface area contributed by atoms with E-state index in [4.69, 9.17) is 15.9 Å². The molecule has 0 spiro atoms. The smallest absolute Gasteiger partial charge is 0.328 e. The van der Waals surface area contributed by atoms with Gasteiger partial charge in [0.2, 0.25) is 17.7 Å². The zero-order chi connectivity index (χ0) is 18.3. The van der Waals surface area contributed by atoms with Gasteiger partial charge in [-0.05, 0) is 12.8 Å². The molecular formula is C13H22N4O7. The second-order valence-electron chi connectivity index (χ2n) is 5.28. The number of carbonyl (C=O) groups excluding carboxylic acids is 3. The quantitative estimate of drug-likeness (QED) is 0.257. The number of nitrogens with zero attached hydrogens (tertiary/aromatic N) is 1. The third kappa shape index (κ3) is 4.88. The minimum Gasteiger partial charge on any atom is -0.480 e. The number of nitrogens with two attached hydrogens (primary N) is 1. The van der Waals surface area contributed by atoms with E-state index in [1.54, 1.807) is 0 Å². The number of carboxylic acid groups (broad SMARTS) is 1. The Bertz CT molecular complexity index is 499. The van der Waals surface area contributed by atoms with Crippen molar-refractivity contribution in [2.45, 2.75) is 31.0 Å². The number of aliphatic carboxylic acids is 1. The molecule has 0 aromatic heterocycles. The molecule has 0 saturated carbocycles. The lowest BCUT2D eigenvalue weighted by atomic mass is 10.1. The molecule has 1 rings (SSSR count). The number of hydrogen-bond acceptors (Lipinski definition) is 7. The Kier molecular flexibility index (Phi) is 7.55. The van der Waals surface area contributed by atoms with Gasteiger partial charge < -0.3 is 36.6 Å². The molecule has 11 heteroatoms. The molecule has 1 aliphatic heterocycles. The molecule has 0 aromatic carbocycles. The van der Waals surface area contributed by atoms with E-state index in [9.17, 15) is 24.3 Å². The number of carbonyl (C=O) groups is 4. The maximum Gasteiger partial charge on any atom is 0.328 e. The summed E-state index contributed by atoms with van der Waals surface area (Å²) in [6.45, 7) is -1.48. The maximum atomic E-state index is 12.2. The Balaban J connectivity index is 2.70. The van der Waals surface area contributed by atoms with E-state index in [-0.39, 0.29) is 6.54 Å². The van der Waals surface area contributed by atoms with Crippen LogP contribution in [-0.2, 0) is 19.2 Å². The molecule has 3 atom stereocenters. The maximum absolute atomic E-state index is 12.2. The summed E-state index contributed by atoms with van der Waals surface area (Å²) in [4.78, 5) is 47.9. The lowest BCUT2D eigenvalue weighted by Crippen LogP contribution is -2.57. The Labute approximate surface area is 137 Å². The highest BCUT2D eigenvalue weighted by Crippen LogP contribution is 2.17. The molecule has 24 heavy (non-hydrogen) atoms. The third-order valence-electron chi connectivity index (χ3n) is 3.66. The lowest BCUT2D eigenvalue weighted by Gasteiger charge is -2.25. The standard InChI is InChI=1S/C13H22N4O7/c14-4-10(20)17-3-1-2-9(17)12(22)15-7(5-18)11(21)16-8(6-19)13(23)24/h7-9,18-19H,1-6,14H2,(H,15,22)(H,16,21)(H,23,24)/t7-,8-,9-/m0/s1. The van der Waals surface area contributed by atoms with Crippen LogP contribution in [0.4, 0.5) is 0 Å². The van der Waals surface area contributed by atoms with Gasteiger partial charge in [0.1, 0.15) is 18.1 Å². The highest BCUT2D eigenvalue weighted by Gasteiger charge is 2.35. The van der Waals surface area contributed by atoms with E-state index in [1.165, 1.54) is 4.90 Å². The van der Waals surface area contributed by atoms with Gasteiger partial charge in [0, 0.05) is 6.54 Å². The molecule has 7 N–H and O–H groups in total. The fourth-order valence-corrected chi connectivity index (χ4v) is 2.37. The molecule has 0 aromatic rings. The van der Waals surface area contributed by atoms with Gasteiger partial charge in [-0.1, -0.05) is 0 Å². The van der Waals surface area contributed by atoms with Crippen molar-refractivity contribution in [2.75, 3.05) is 26.3 Å². The van der Waals surface area contributed by atoms with Crippen LogP contribution in [0.25, 0.3) is 0 Å². The topological polar surface area (TPSA) is 182 Å². The number of carboxylic acids is 1. The second kappa shape index (κ2) is 9.15. The van der Waals surface area contributed by atoms with Crippen molar-refractivity contribution in [3.05, 3.63) is 0 Å². The summed E-state index contributed by atoms with van der Waals surface area (Å²) < 4.78 is 0. The van der Waals surface area contributed by atoms with Gasteiger partial charge >= 0.3 is 5.97 Å². The average molecular weight is 346 g/mol. The lowest BCUT2D eigenvalue weighted by molar-refractivity contribution is -0.144. The van der Waals surface area contributed by atoms with Crippen LogP contribution in [0, 0.1) is 0 Å². The Hall–Kier alpha value is -2.24. The van der Waals surface area contributed by atoms with E-state index in [0.717, 1.165) is 0 Å². The fraction of sp³-hybridized carbons (Fsp3) is 0.692. The normalized spacial score (nSPS) is 19.5. The number of amides is 3. The molecule has 3 amide bonds. The fourth-order valence-electron chi connectivity index (χ4n) is 2.37. The van der Waals surface area contributed by atoms with Crippen molar-refractivity contribution in [1.29, 1.82) is 0 Å². The zero-order valence-electron chi connectivity index (χ0n) is 13.0. The molecule has 11 nitrogen and oxygen atoms in total. The third-order valence-corrected chi connectivity index (χ3v) is 3.66. The van der Waals surface area contributed by atoms with Gasteiger partial charge in [0.15, 0.2) is 0 Å². The van der Waals surface area contributed by atoms with Crippen molar-refractivity contribution in [1.82, 2.24) is 15.5 Å². The predicted molar refractivity (Wildman–Crippen MR) is 79.5 cm³/mol. The summed E-state index contributed by atoms with van der Waals surface area (Å²) in [6, 6.07) is -3.75. The molecular weight excluding hydrogens is 324 g/mol. The van der Waals surface area contributed by atoms with Gasteiger partial charge in [-0.2, -0.15) is 0 Å². The molecule has 0 aliphatic carbocycles. The minimum atomic E-state index is -1.55. The van der Waals surface area contributed by atoms with E-state index >= 15 is 0 Å². The van der Waals surface area contributed by atoms with Crippen molar-refractivity contribution >= 4 is 23.7 Å². The van der Waals surface area contributed by atoms with E-state index in [1.807, 2.05) is 5.32 Å². The van der Waals surface area contributed by atoms with E-state index in [2.05, 4.69) is 5.32 Å². The van der Waals surface area contributed by atoms with Crippen molar-refractivity contribution in [3.63, 3.8) is 0 Å². The Morgan fingerprint density at radius 1 is 1.12 bits per heavy atom. The summed E-state index contributed by atoms with van der Waals surface area (Å²) in [7, 11) is 0. The molecule has 1 heterocycles. The number of likely N-dealkylation sites (tertiary alicyclic amines) is 1. The molecule has 1 saturated heterocycles. The van der Waals surface area contributed by atoms with Crippen molar-refractivity contribution in [2.24, 2.45) is 5.73 Å². The largest absolute Gasteiger partial charge is 0.480 e. The zero-order valence-corrected chi connectivity index (χ0v) is 13.0. The van der Waals surface area contributed by atoms with E-state index in [0.29, 0.717) is 19.4 Å². The van der Waals surface area contributed by atoms with Crippen LogP contribution in [0.1, 0.15) is 12.8 Å². The predicted octanol–water partition coefficient (Wildman–Crippen LogP) is -4.03. The summed E-state index contributed by atoms with van der Waals surface area (Å²) in [5.74, 6) is -3.45. The summed E-state index contributed by atoms with van der Waals surface area (Å²) in [6.07, 6.45) is 0.997. The average Bonchev–Trinajstić information content (AvgIpc) is 3.05. The molecule has 136 valence electrons. The molecule has 0 radical (unpaired) electrons. The first-order valence-corrected chi connectivity index (χ1v) is 7.40. The van der Waals surface area contributed by atoms with Crippen molar-refractivity contribution < 1.29 is 34.5 Å². The van der Waals surface area contributed by atoms with Gasteiger partial charge in [0.25, 0.3) is 0 Å². The van der Waals surface area contributed by atoms with Gasteiger partial charge in [-0.3, -0.25) is 14.4 Å². The van der Waals surface area contributed by atoms with Crippen LogP contribution in [-0.4, -0.2) is 88.3 Å². The van der Waals surface area contributed by atoms with Gasteiger partial charge in [0.05, 0.1) is 19.8 Å². The summed E-state index contributed by atoms with van der Waals surface area (Å²) in [5.41, 5.74) is 5.28. The second-order valence-corrected chi connectivity index (χ2v) is 5.28. The van der Waals surface area contributed by atoms with E-state index < -0.39 is 55.0 Å². The molecule has 0 unspecified atom stereocenters. The molecule has 0 bridgehead atoms. The number of rotatable bonds is 8. The summed E-state index contributed by atoms with van der Waals surface area (Å²) >= 11 is 0. The Morgan fingerprint density at radius 2 is 1.75 bits per heavy atom. The Morgan fingerprint density at radius 3 is 2.25 bits per heavy atom. The van der Waals surface area contributed by atoms with Crippen LogP contribution in [0.5, 0.6) is 0 Å². The highest BCUT2D eigenvalue weighted by atomic mass is 16.4. The highest BCUT2D eigenvalue weighted by molar-refractivity contribution is 5.93. The number of nitrogens with one attached hydrogen (secondary N) is 2. The minimum absolute atomic E-state index is 0.246. The number of aliphatic hydroxyl groups is 2. The van der Waals surface area contributed by atoms with Gasteiger partial charge in [-0.25, -0.2) is 4.79 Å². The first-order valence-electron chi connectivity index (χ1n) is 7.40. The van der Waals surface area contributed by atoms with Gasteiger partial charge in [-0.15, -0.1) is 0 Å². The van der Waals surface area contributed by atoms with Crippen molar-refractivity contribution in [3.8, 4) is 0 Å². The van der Waals surface area contributed by atoms with Crippen LogP contribution in [0.2, 0.25) is 0 Å².